The standard InChI is InChI=1S/C11H19N3/c1-8(2)7-9-3-5-10(6-4-9)11(12)14-13/h3-6,8,11,14H,7,12-13H2,1-2H3. The van der Waals surface area contributed by atoms with E-state index in [-0.39, 0.29) is 6.17 Å². The van der Waals surface area contributed by atoms with E-state index in [1.807, 2.05) is 12.1 Å². The highest BCUT2D eigenvalue weighted by atomic mass is 15.3. The van der Waals surface area contributed by atoms with Crippen molar-refractivity contribution in [2.45, 2.75) is 26.4 Å². The number of rotatable bonds is 4. The molecule has 5 N–H and O–H groups in total. The van der Waals surface area contributed by atoms with Gasteiger partial charge in [-0.3, -0.25) is 5.84 Å². The molecule has 1 unspecified atom stereocenters. The van der Waals surface area contributed by atoms with Crippen LogP contribution in [0.1, 0.15) is 31.1 Å². The van der Waals surface area contributed by atoms with Gasteiger partial charge < -0.3 is 5.73 Å². The second-order valence-corrected chi connectivity index (χ2v) is 3.98. The number of nitrogens with one attached hydrogen (secondary N) is 1. The summed E-state index contributed by atoms with van der Waals surface area (Å²) in [5.74, 6) is 5.93. The second kappa shape index (κ2) is 5.10. The van der Waals surface area contributed by atoms with Gasteiger partial charge in [-0.2, -0.15) is 0 Å². The van der Waals surface area contributed by atoms with Gasteiger partial charge >= 0.3 is 0 Å². The van der Waals surface area contributed by atoms with Crippen LogP contribution in [0.25, 0.3) is 0 Å². The van der Waals surface area contributed by atoms with Crippen molar-refractivity contribution in [2.75, 3.05) is 0 Å². The van der Waals surface area contributed by atoms with Crippen molar-refractivity contribution in [2.24, 2.45) is 17.5 Å². The Morgan fingerprint density at radius 3 is 2.21 bits per heavy atom. The molecular weight excluding hydrogens is 174 g/mol. The van der Waals surface area contributed by atoms with Crippen molar-refractivity contribution in [1.82, 2.24) is 5.43 Å². The summed E-state index contributed by atoms with van der Waals surface area (Å²) in [7, 11) is 0. The van der Waals surface area contributed by atoms with E-state index in [9.17, 15) is 0 Å². The molecule has 0 aliphatic heterocycles. The molecule has 0 saturated carbocycles. The van der Waals surface area contributed by atoms with Gasteiger partial charge in [0.1, 0.15) is 0 Å². The van der Waals surface area contributed by atoms with Crippen LogP contribution in [0.4, 0.5) is 0 Å². The normalized spacial score (nSPS) is 13.2. The molecule has 0 spiro atoms. The zero-order chi connectivity index (χ0) is 10.6. The first kappa shape index (κ1) is 11.2. The molecule has 0 radical (unpaired) electrons. The van der Waals surface area contributed by atoms with Crippen LogP contribution in [0, 0.1) is 5.92 Å². The summed E-state index contributed by atoms with van der Waals surface area (Å²) >= 11 is 0. The van der Waals surface area contributed by atoms with Gasteiger partial charge in [-0.25, -0.2) is 5.43 Å². The molecule has 0 bridgehead atoms. The van der Waals surface area contributed by atoms with E-state index in [0.29, 0.717) is 5.92 Å². The van der Waals surface area contributed by atoms with E-state index in [0.717, 1.165) is 12.0 Å². The van der Waals surface area contributed by atoms with Crippen molar-refractivity contribution in [1.29, 1.82) is 0 Å². The fraction of sp³-hybridized carbons (Fsp3) is 0.455. The SMILES string of the molecule is CC(C)Cc1ccc(C(N)NN)cc1. The zero-order valence-corrected chi connectivity index (χ0v) is 8.83. The number of nitrogens with two attached hydrogens (primary N) is 2. The highest BCUT2D eigenvalue weighted by Crippen LogP contribution is 2.12. The van der Waals surface area contributed by atoms with Gasteiger partial charge in [-0.1, -0.05) is 38.1 Å². The van der Waals surface area contributed by atoms with Crippen molar-refractivity contribution in [3.05, 3.63) is 35.4 Å². The highest BCUT2D eigenvalue weighted by molar-refractivity contribution is 5.24. The number of hydrogen-bond donors (Lipinski definition) is 3. The minimum atomic E-state index is -0.275. The molecule has 78 valence electrons. The minimum Gasteiger partial charge on any atom is -0.311 e. The maximum absolute atomic E-state index is 5.71. The molecule has 1 aromatic rings. The van der Waals surface area contributed by atoms with Gasteiger partial charge in [-0.15, -0.1) is 0 Å². The summed E-state index contributed by atoms with van der Waals surface area (Å²) < 4.78 is 0. The maximum atomic E-state index is 5.71. The largest absolute Gasteiger partial charge is 0.311 e. The van der Waals surface area contributed by atoms with Gasteiger partial charge in [0.15, 0.2) is 0 Å². The van der Waals surface area contributed by atoms with Gasteiger partial charge in [0.25, 0.3) is 0 Å². The predicted molar refractivity (Wildman–Crippen MR) is 59.2 cm³/mol. The van der Waals surface area contributed by atoms with Crippen molar-refractivity contribution in [3.63, 3.8) is 0 Å². The average Bonchev–Trinajstić information content (AvgIpc) is 2.17. The first-order valence-electron chi connectivity index (χ1n) is 4.94. The fourth-order valence-electron chi connectivity index (χ4n) is 1.43. The molecule has 14 heavy (non-hydrogen) atoms. The molecule has 3 heteroatoms. The van der Waals surface area contributed by atoms with Crippen LogP contribution in [0.2, 0.25) is 0 Å². The number of hydrazine groups is 1. The summed E-state index contributed by atoms with van der Waals surface area (Å²) in [5.41, 5.74) is 10.6. The lowest BCUT2D eigenvalue weighted by molar-refractivity contribution is 0.576. The Balaban J connectivity index is 2.68. The monoisotopic (exact) mass is 193 g/mol. The topological polar surface area (TPSA) is 64.1 Å². The van der Waals surface area contributed by atoms with Crippen LogP contribution >= 0.6 is 0 Å². The van der Waals surface area contributed by atoms with Crippen molar-refractivity contribution in [3.8, 4) is 0 Å². The summed E-state index contributed by atoms with van der Waals surface area (Å²) in [6, 6.07) is 8.24. The van der Waals surface area contributed by atoms with Crippen LogP contribution in [0.5, 0.6) is 0 Å². The lowest BCUT2D eigenvalue weighted by atomic mass is 10.0. The van der Waals surface area contributed by atoms with Gasteiger partial charge in [0.2, 0.25) is 0 Å². The Morgan fingerprint density at radius 2 is 1.79 bits per heavy atom. The van der Waals surface area contributed by atoms with Crippen LogP contribution in [-0.2, 0) is 6.42 Å². The summed E-state index contributed by atoms with van der Waals surface area (Å²) in [6.07, 6.45) is 0.828. The molecule has 3 nitrogen and oxygen atoms in total. The third-order valence-corrected chi connectivity index (χ3v) is 2.16. The number of benzene rings is 1. The quantitative estimate of drug-likeness (QED) is 0.384. The molecule has 0 aliphatic carbocycles. The van der Waals surface area contributed by atoms with Crippen LogP contribution < -0.4 is 17.0 Å². The molecule has 0 aromatic heterocycles. The Kier molecular flexibility index (Phi) is 4.07. The molecule has 0 saturated heterocycles. The van der Waals surface area contributed by atoms with Crippen molar-refractivity contribution < 1.29 is 0 Å². The average molecular weight is 193 g/mol. The third kappa shape index (κ3) is 3.10. The first-order chi connectivity index (χ1) is 6.63. The van der Waals surface area contributed by atoms with E-state index in [1.54, 1.807) is 0 Å². The van der Waals surface area contributed by atoms with Crippen molar-refractivity contribution >= 4 is 0 Å². The first-order valence-corrected chi connectivity index (χ1v) is 4.94. The van der Waals surface area contributed by atoms with Gasteiger partial charge in [0, 0.05) is 0 Å². The van der Waals surface area contributed by atoms with E-state index >= 15 is 0 Å². The van der Waals surface area contributed by atoms with Crippen LogP contribution in [0.15, 0.2) is 24.3 Å². The molecule has 1 rings (SSSR count). The second-order valence-electron chi connectivity index (χ2n) is 3.98. The summed E-state index contributed by atoms with van der Waals surface area (Å²) in [6.45, 7) is 4.42. The van der Waals surface area contributed by atoms with E-state index in [2.05, 4.69) is 31.4 Å². The molecule has 0 heterocycles. The predicted octanol–water partition coefficient (Wildman–Crippen LogP) is 1.31. The smallest absolute Gasteiger partial charge is 0.0935 e. The molecule has 0 amide bonds. The fourth-order valence-corrected chi connectivity index (χ4v) is 1.43. The van der Waals surface area contributed by atoms with Crippen LogP contribution in [0.3, 0.4) is 0 Å². The number of hydrogen-bond acceptors (Lipinski definition) is 3. The lowest BCUT2D eigenvalue weighted by Crippen LogP contribution is -2.34. The third-order valence-electron chi connectivity index (χ3n) is 2.16. The minimum absolute atomic E-state index is 0.275. The molecule has 1 aromatic carbocycles. The molecule has 1 atom stereocenters. The Hall–Kier alpha value is -0.900. The van der Waals surface area contributed by atoms with E-state index in [4.69, 9.17) is 11.6 Å². The maximum Gasteiger partial charge on any atom is 0.0935 e. The van der Waals surface area contributed by atoms with Gasteiger partial charge in [-0.05, 0) is 23.5 Å². The van der Waals surface area contributed by atoms with E-state index in [1.165, 1.54) is 5.56 Å². The van der Waals surface area contributed by atoms with E-state index < -0.39 is 0 Å². The summed E-state index contributed by atoms with van der Waals surface area (Å²) in [5, 5.41) is 0. The molecule has 0 aliphatic rings. The molecular formula is C11H19N3. The molecule has 0 fully saturated rings. The Morgan fingerprint density at radius 1 is 1.21 bits per heavy atom. The lowest BCUT2D eigenvalue weighted by Gasteiger charge is -2.11. The summed E-state index contributed by atoms with van der Waals surface area (Å²) in [4.78, 5) is 0. The zero-order valence-electron chi connectivity index (χ0n) is 8.83. The van der Waals surface area contributed by atoms with Crippen LogP contribution in [-0.4, -0.2) is 0 Å². The van der Waals surface area contributed by atoms with Gasteiger partial charge in [0.05, 0.1) is 6.17 Å². The Labute approximate surface area is 85.5 Å². The Bertz CT molecular complexity index is 266. The highest BCUT2D eigenvalue weighted by Gasteiger charge is 2.03.